The Kier molecular flexibility index (Phi) is 8.71. The first-order valence-electron chi connectivity index (χ1n) is 10.5. The van der Waals surface area contributed by atoms with E-state index in [4.69, 9.17) is 0 Å². The molecule has 1 atom stereocenters. The second kappa shape index (κ2) is 10.8. The van der Waals surface area contributed by atoms with Gasteiger partial charge in [0.15, 0.2) is 0 Å². The summed E-state index contributed by atoms with van der Waals surface area (Å²) in [4.78, 5) is 0.0420. The lowest BCUT2D eigenvalue weighted by atomic mass is 9.69. The molecule has 0 saturated carbocycles. The minimum Gasteiger partial charge on any atom is -0.282 e. The minimum absolute atomic E-state index is 0.0420. The average molecular weight is 403 g/mol. The zero-order valence-corrected chi connectivity index (χ0v) is 18.0. The van der Waals surface area contributed by atoms with E-state index in [1.54, 1.807) is 6.07 Å². The Bertz CT molecular complexity index is 815. The van der Waals surface area contributed by atoms with Gasteiger partial charge in [-0.3, -0.25) is 4.55 Å². The summed E-state index contributed by atoms with van der Waals surface area (Å²) in [5, 5.41) is 0. The number of hydrogen-bond acceptors (Lipinski definition) is 2. The Morgan fingerprint density at radius 3 is 2.04 bits per heavy atom. The lowest BCUT2D eigenvalue weighted by molar-refractivity contribution is 0.332. The highest BCUT2D eigenvalue weighted by atomic mass is 32.2. The Morgan fingerprint density at radius 1 is 0.786 bits per heavy atom. The number of hydrogen-bond donors (Lipinski definition) is 1. The van der Waals surface area contributed by atoms with Gasteiger partial charge in [0.2, 0.25) is 0 Å². The Hall–Kier alpha value is -1.65. The molecule has 1 unspecified atom stereocenters. The zero-order chi connectivity index (χ0) is 20.5. The van der Waals surface area contributed by atoms with E-state index in [1.165, 1.54) is 30.9 Å². The summed E-state index contributed by atoms with van der Waals surface area (Å²) in [7, 11) is -4.24. The summed E-state index contributed by atoms with van der Waals surface area (Å²) in [5.41, 5.74) is 1.86. The summed E-state index contributed by atoms with van der Waals surface area (Å²) in [6.45, 7) is 4.41. The maximum absolute atomic E-state index is 11.9. The number of benzene rings is 2. The maximum Gasteiger partial charge on any atom is 0.294 e. The largest absolute Gasteiger partial charge is 0.294 e. The van der Waals surface area contributed by atoms with Gasteiger partial charge in [-0.25, -0.2) is 0 Å². The van der Waals surface area contributed by atoms with Gasteiger partial charge in [0.05, 0.1) is 4.90 Å². The first-order valence-corrected chi connectivity index (χ1v) is 12.0. The van der Waals surface area contributed by atoms with Gasteiger partial charge in [-0.15, -0.1) is 0 Å². The van der Waals surface area contributed by atoms with Crippen molar-refractivity contribution in [3.8, 4) is 0 Å². The molecule has 0 amide bonds. The lowest BCUT2D eigenvalue weighted by Gasteiger charge is -2.36. The van der Waals surface area contributed by atoms with Crippen LogP contribution in [0.4, 0.5) is 0 Å². The van der Waals surface area contributed by atoms with Crippen LogP contribution in [-0.4, -0.2) is 13.0 Å². The topological polar surface area (TPSA) is 54.4 Å². The molecule has 0 heterocycles. The third kappa shape index (κ3) is 6.18. The van der Waals surface area contributed by atoms with Gasteiger partial charge >= 0.3 is 0 Å². The van der Waals surface area contributed by atoms with E-state index < -0.39 is 10.1 Å². The molecular formula is C24H34O3S. The van der Waals surface area contributed by atoms with E-state index in [-0.39, 0.29) is 10.3 Å². The molecule has 0 aliphatic heterocycles. The first kappa shape index (κ1) is 22.6. The van der Waals surface area contributed by atoms with E-state index in [0.717, 1.165) is 32.1 Å². The average Bonchev–Trinajstić information content (AvgIpc) is 2.69. The standard InChI is InChI=1S/C24H34O3S/c1-3-5-7-13-19-24(18-6-4-2,22-15-9-8-10-16-22)20-21-14-11-12-17-23(21)28(25,26)27/h8-12,14-17H,3-7,13,18-20H2,1-2H3,(H,25,26,27). The van der Waals surface area contributed by atoms with Gasteiger partial charge < -0.3 is 0 Å². The minimum atomic E-state index is -4.24. The number of unbranched alkanes of at least 4 members (excludes halogenated alkanes) is 4. The highest BCUT2D eigenvalue weighted by Crippen LogP contribution is 2.40. The third-order valence-corrected chi connectivity index (χ3v) is 6.64. The molecule has 0 bridgehead atoms. The van der Waals surface area contributed by atoms with Crippen molar-refractivity contribution in [2.45, 2.75) is 81.9 Å². The third-order valence-electron chi connectivity index (χ3n) is 5.68. The van der Waals surface area contributed by atoms with Gasteiger partial charge in [0.25, 0.3) is 10.1 Å². The molecule has 1 N–H and O–H groups in total. The summed E-state index contributed by atoms with van der Waals surface area (Å²) < 4.78 is 33.6. The smallest absolute Gasteiger partial charge is 0.282 e. The molecule has 0 aliphatic carbocycles. The fourth-order valence-electron chi connectivity index (χ4n) is 4.16. The molecule has 2 aromatic rings. The van der Waals surface area contributed by atoms with Crippen molar-refractivity contribution in [1.29, 1.82) is 0 Å². The maximum atomic E-state index is 11.9. The van der Waals surface area contributed by atoms with Crippen molar-refractivity contribution in [3.05, 3.63) is 65.7 Å². The normalized spacial score (nSPS) is 14.0. The molecule has 3 nitrogen and oxygen atoms in total. The number of rotatable bonds is 12. The van der Waals surface area contributed by atoms with Crippen LogP contribution in [0, 0.1) is 0 Å². The van der Waals surface area contributed by atoms with E-state index in [1.807, 2.05) is 18.2 Å². The lowest BCUT2D eigenvalue weighted by Crippen LogP contribution is -2.30. The molecule has 28 heavy (non-hydrogen) atoms. The molecular weight excluding hydrogens is 368 g/mol. The van der Waals surface area contributed by atoms with Gasteiger partial charge in [-0.2, -0.15) is 8.42 Å². The molecule has 0 saturated heterocycles. The van der Waals surface area contributed by atoms with Crippen LogP contribution in [-0.2, 0) is 22.0 Å². The predicted molar refractivity (Wildman–Crippen MR) is 116 cm³/mol. The van der Waals surface area contributed by atoms with E-state index in [2.05, 4.69) is 38.1 Å². The molecule has 2 rings (SSSR count). The van der Waals surface area contributed by atoms with Crippen LogP contribution < -0.4 is 0 Å². The molecule has 2 aromatic carbocycles. The first-order chi connectivity index (χ1) is 13.4. The fourth-order valence-corrected chi connectivity index (χ4v) is 4.88. The highest BCUT2D eigenvalue weighted by molar-refractivity contribution is 7.85. The quantitative estimate of drug-likeness (QED) is 0.322. The Morgan fingerprint density at radius 2 is 1.39 bits per heavy atom. The molecule has 4 heteroatoms. The Balaban J connectivity index is 2.47. The molecule has 0 spiro atoms. The second-order valence-corrected chi connectivity index (χ2v) is 9.21. The van der Waals surface area contributed by atoms with Crippen molar-refractivity contribution in [3.63, 3.8) is 0 Å². The van der Waals surface area contributed by atoms with Crippen LogP contribution in [0.3, 0.4) is 0 Å². The van der Waals surface area contributed by atoms with E-state index in [0.29, 0.717) is 12.0 Å². The van der Waals surface area contributed by atoms with Gasteiger partial charge in [-0.05, 0) is 41.9 Å². The SMILES string of the molecule is CCCCCCC(CCCC)(Cc1ccccc1S(=O)(=O)O)c1ccccc1. The van der Waals surface area contributed by atoms with Crippen LogP contribution in [0.1, 0.15) is 76.3 Å². The molecule has 0 aliphatic rings. The van der Waals surface area contributed by atoms with Crippen molar-refractivity contribution in [1.82, 2.24) is 0 Å². The van der Waals surface area contributed by atoms with E-state index in [9.17, 15) is 13.0 Å². The summed E-state index contributed by atoms with van der Waals surface area (Å²) in [6.07, 6.45) is 9.59. The monoisotopic (exact) mass is 402 g/mol. The van der Waals surface area contributed by atoms with Crippen LogP contribution >= 0.6 is 0 Å². The van der Waals surface area contributed by atoms with E-state index >= 15 is 0 Å². The van der Waals surface area contributed by atoms with Crippen molar-refractivity contribution in [2.24, 2.45) is 0 Å². The predicted octanol–water partition coefficient (Wildman–Crippen LogP) is 6.57. The second-order valence-electron chi connectivity index (χ2n) is 7.82. The summed E-state index contributed by atoms with van der Waals surface area (Å²) in [6, 6.07) is 17.4. The van der Waals surface area contributed by atoms with Crippen LogP contribution in [0.25, 0.3) is 0 Å². The highest BCUT2D eigenvalue weighted by Gasteiger charge is 2.33. The van der Waals surface area contributed by atoms with Gasteiger partial charge in [0, 0.05) is 0 Å². The van der Waals surface area contributed by atoms with Crippen molar-refractivity contribution < 1.29 is 13.0 Å². The van der Waals surface area contributed by atoms with Crippen molar-refractivity contribution in [2.75, 3.05) is 0 Å². The van der Waals surface area contributed by atoms with Crippen LogP contribution in [0.15, 0.2) is 59.5 Å². The molecule has 0 radical (unpaired) electrons. The zero-order valence-electron chi connectivity index (χ0n) is 17.2. The van der Waals surface area contributed by atoms with Crippen LogP contribution in [0.5, 0.6) is 0 Å². The van der Waals surface area contributed by atoms with Crippen molar-refractivity contribution >= 4 is 10.1 Å². The molecule has 0 fully saturated rings. The molecule has 0 aromatic heterocycles. The summed E-state index contributed by atoms with van der Waals surface area (Å²) >= 11 is 0. The van der Waals surface area contributed by atoms with Crippen LogP contribution in [0.2, 0.25) is 0 Å². The fraction of sp³-hybridized carbons (Fsp3) is 0.500. The summed E-state index contributed by atoms with van der Waals surface area (Å²) in [5.74, 6) is 0. The van der Waals surface area contributed by atoms with Gasteiger partial charge in [-0.1, -0.05) is 101 Å². The molecule has 154 valence electrons. The Labute approximate surface area is 170 Å². The van der Waals surface area contributed by atoms with Gasteiger partial charge in [0.1, 0.15) is 0 Å².